The van der Waals surface area contributed by atoms with E-state index >= 15 is 0 Å². The minimum Gasteiger partial charge on any atom is -0.493 e. The Kier molecular flexibility index (Phi) is 4.95. The number of H-pyrrole nitrogens is 1. The summed E-state index contributed by atoms with van der Waals surface area (Å²) in [7, 11) is 0. The molecule has 1 aliphatic heterocycles. The zero-order valence-corrected chi connectivity index (χ0v) is 13.5. The number of piperidine rings is 1. The van der Waals surface area contributed by atoms with Gasteiger partial charge in [-0.1, -0.05) is 18.2 Å². The maximum Gasteiger partial charge on any atom is 0.226 e. The number of hydrogen-bond acceptors (Lipinski definition) is 3. The lowest BCUT2D eigenvalue weighted by Gasteiger charge is -2.32. The summed E-state index contributed by atoms with van der Waals surface area (Å²) >= 11 is 0. The van der Waals surface area contributed by atoms with Crippen molar-refractivity contribution in [2.75, 3.05) is 19.7 Å². The van der Waals surface area contributed by atoms with E-state index < -0.39 is 0 Å². The second-order valence-electron chi connectivity index (χ2n) is 6.05. The number of ether oxygens (including phenoxy) is 1. The van der Waals surface area contributed by atoms with E-state index in [0.29, 0.717) is 18.9 Å². The second kappa shape index (κ2) is 7.31. The molecule has 0 radical (unpaired) electrons. The first-order valence-electron chi connectivity index (χ1n) is 8.19. The van der Waals surface area contributed by atoms with Crippen LogP contribution in [-0.2, 0) is 4.79 Å². The molecule has 1 aromatic carbocycles. The van der Waals surface area contributed by atoms with Crippen molar-refractivity contribution in [2.24, 2.45) is 0 Å². The predicted octanol–water partition coefficient (Wildman–Crippen LogP) is 2.89. The first-order chi connectivity index (χ1) is 11.2. The first kappa shape index (κ1) is 15.6. The highest BCUT2D eigenvalue weighted by atomic mass is 16.5. The molecule has 0 spiro atoms. The van der Waals surface area contributed by atoms with Crippen LogP contribution in [0.5, 0.6) is 5.75 Å². The second-order valence-corrected chi connectivity index (χ2v) is 6.05. The minimum atomic E-state index is 0.169. The zero-order chi connectivity index (χ0) is 16.1. The van der Waals surface area contributed by atoms with Gasteiger partial charge in [-0.25, -0.2) is 0 Å². The van der Waals surface area contributed by atoms with E-state index in [2.05, 4.69) is 10.2 Å². The van der Waals surface area contributed by atoms with Crippen LogP contribution in [0, 0.1) is 6.92 Å². The Morgan fingerprint density at radius 2 is 2.26 bits per heavy atom. The molecule has 1 N–H and O–H groups in total. The van der Waals surface area contributed by atoms with Gasteiger partial charge in [0.05, 0.1) is 13.0 Å². The maximum atomic E-state index is 12.4. The molecular weight excluding hydrogens is 290 g/mol. The standard InChI is InChI=1S/C18H23N3O2/c1-14-5-2-3-7-17(14)23-12-9-18(22)21-11-4-6-15(13-21)16-8-10-19-20-16/h2-3,5,7-8,10,15H,4,6,9,11-13H2,1H3,(H,19,20). The molecule has 0 aliphatic carbocycles. The smallest absolute Gasteiger partial charge is 0.226 e. The van der Waals surface area contributed by atoms with Crippen LogP contribution in [0.25, 0.3) is 0 Å². The Morgan fingerprint density at radius 1 is 1.39 bits per heavy atom. The van der Waals surface area contributed by atoms with Crippen LogP contribution in [0.4, 0.5) is 0 Å². The van der Waals surface area contributed by atoms with Crippen molar-refractivity contribution in [2.45, 2.75) is 32.1 Å². The number of carbonyl (C=O) groups excluding carboxylic acids is 1. The molecule has 122 valence electrons. The van der Waals surface area contributed by atoms with Gasteiger partial charge in [0.2, 0.25) is 5.91 Å². The Morgan fingerprint density at radius 3 is 3.04 bits per heavy atom. The number of aromatic nitrogens is 2. The van der Waals surface area contributed by atoms with E-state index in [4.69, 9.17) is 4.74 Å². The van der Waals surface area contributed by atoms with Crippen LogP contribution < -0.4 is 4.74 Å². The normalized spacial score (nSPS) is 18.0. The lowest BCUT2D eigenvalue weighted by Crippen LogP contribution is -2.39. The summed E-state index contributed by atoms with van der Waals surface area (Å²) in [6.45, 7) is 4.05. The number of likely N-dealkylation sites (tertiary alicyclic amines) is 1. The van der Waals surface area contributed by atoms with Gasteiger partial charge in [0.25, 0.3) is 0 Å². The van der Waals surface area contributed by atoms with Crippen molar-refractivity contribution in [3.05, 3.63) is 47.8 Å². The number of carbonyl (C=O) groups is 1. The van der Waals surface area contributed by atoms with Gasteiger partial charge in [-0.15, -0.1) is 0 Å². The molecule has 0 bridgehead atoms. The van der Waals surface area contributed by atoms with Gasteiger partial charge < -0.3 is 9.64 Å². The molecule has 5 heteroatoms. The fourth-order valence-electron chi connectivity index (χ4n) is 3.08. The maximum absolute atomic E-state index is 12.4. The largest absolute Gasteiger partial charge is 0.493 e. The van der Waals surface area contributed by atoms with Crippen molar-refractivity contribution < 1.29 is 9.53 Å². The number of nitrogens with one attached hydrogen (secondary N) is 1. The van der Waals surface area contributed by atoms with Gasteiger partial charge in [0.15, 0.2) is 0 Å². The van der Waals surface area contributed by atoms with E-state index in [1.54, 1.807) is 6.20 Å². The monoisotopic (exact) mass is 313 g/mol. The van der Waals surface area contributed by atoms with Crippen LogP contribution in [0.15, 0.2) is 36.5 Å². The van der Waals surface area contributed by atoms with Gasteiger partial charge in [-0.3, -0.25) is 9.89 Å². The molecule has 1 amide bonds. The fourth-order valence-corrected chi connectivity index (χ4v) is 3.08. The average Bonchev–Trinajstić information content (AvgIpc) is 3.11. The van der Waals surface area contributed by atoms with Gasteiger partial charge in [0.1, 0.15) is 5.75 Å². The average molecular weight is 313 g/mol. The SMILES string of the molecule is Cc1ccccc1OCCC(=O)N1CCCC(c2ccn[nH]2)C1. The van der Waals surface area contributed by atoms with E-state index in [9.17, 15) is 4.79 Å². The summed E-state index contributed by atoms with van der Waals surface area (Å²) in [5.41, 5.74) is 2.22. The van der Waals surface area contributed by atoms with E-state index in [1.165, 1.54) is 0 Å². The van der Waals surface area contributed by atoms with Gasteiger partial charge in [-0.05, 0) is 37.5 Å². The predicted molar refractivity (Wildman–Crippen MR) is 88.4 cm³/mol. The third kappa shape index (κ3) is 3.92. The van der Waals surface area contributed by atoms with Crippen molar-refractivity contribution in [3.63, 3.8) is 0 Å². The molecule has 1 saturated heterocycles. The van der Waals surface area contributed by atoms with E-state index in [-0.39, 0.29) is 5.91 Å². The molecule has 1 aromatic heterocycles. The number of amides is 1. The summed E-state index contributed by atoms with van der Waals surface area (Å²) in [6, 6.07) is 9.88. The molecule has 1 atom stereocenters. The van der Waals surface area contributed by atoms with Gasteiger partial charge in [0, 0.05) is 30.9 Å². The summed E-state index contributed by atoms with van der Waals surface area (Å²) in [6.07, 6.45) is 4.33. The van der Waals surface area contributed by atoms with Crippen LogP contribution >= 0.6 is 0 Å². The lowest BCUT2D eigenvalue weighted by atomic mass is 9.95. The molecular formula is C18H23N3O2. The molecule has 2 aromatic rings. The van der Waals surface area contributed by atoms with Crippen LogP contribution in [0.1, 0.15) is 36.4 Å². The Labute approximate surface area is 136 Å². The van der Waals surface area contributed by atoms with Crippen molar-refractivity contribution in [3.8, 4) is 5.75 Å². The van der Waals surface area contributed by atoms with Gasteiger partial charge in [-0.2, -0.15) is 5.10 Å². The number of aromatic amines is 1. The molecule has 1 unspecified atom stereocenters. The Hall–Kier alpha value is -2.30. The van der Waals surface area contributed by atoms with Crippen LogP contribution in [0.2, 0.25) is 0 Å². The van der Waals surface area contributed by atoms with Crippen molar-refractivity contribution >= 4 is 5.91 Å². The number of para-hydroxylation sites is 1. The number of hydrogen-bond donors (Lipinski definition) is 1. The molecule has 23 heavy (non-hydrogen) atoms. The quantitative estimate of drug-likeness (QED) is 0.923. The highest BCUT2D eigenvalue weighted by molar-refractivity contribution is 5.76. The number of aryl methyl sites for hydroxylation is 1. The topological polar surface area (TPSA) is 58.2 Å². The Balaban J connectivity index is 1.49. The lowest BCUT2D eigenvalue weighted by molar-refractivity contribution is -0.132. The minimum absolute atomic E-state index is 0.169. The first-order valence-corrected chi connectivity index (χ1v) is 8.19. The zero-order valence-electron chi connectivity index (χ0n) is 13.5. The van der Waals surface area contributed by atoms with Crippen LogP contribution in [-0.4, -0.2) is 40.7 Å². The van der Waals surface area contributed by atoms with Gasteiger partial charge >= 0.3 is 0 Å². The number of benzene rings is 1. The third-order valence-corrected chi connectivity index (χ3v) is 4.40. The molecule has 0 saturated carbocycles. The van der Waals surface area contributed by atoms with Crippen LogP contribution in [0.3, 0.4) is 0 Å². The number of rotatable bonds is 5. The summed E-state index contributed by atoms with van der Waals surface area (Å²) in [5.74, 6) is 1.39. The summed E-state index contributed by atoms with van der Waals surface area (Å²) in [5, 5.41) is 7.03. The molecule has 5 nitrogen and oxygen atoms in total. The highest BCUT2D eigenvalue weighted by Gasteiger charge is 2.25. The summed E-state index contributed by atoms with van der Waals surface area (Å²) in [4.78, 5) is 14.4. The molecule has 1 fully saturated rings. The third-order valence-electron chi connectivity index (χ3n) is 4.40. The number of nitrogens with zero attached hydrogens (tertiary/aromatic N) is 2. The molecule has 2 heterocycles. The van der Waals surface area contributed by atoms with Crippen molar-refractivity contribution in [1.82, 2.24) is 15.1 Å². The fraction of sp³-hybridized carbons (Fsp3) is 0.444. The Bertz CT molecular complexity index is 639. The highest BCUT2D eigenvalue weighted by Crippen LogP contribution is 2.25. The van der Waals surface area contributed by atoms with E-state index in [1.807, 2.05) is 42.2 Å². The van der Waals surface area contributed by atoms with E-state index in [0.717, 1.165) is 42.9 Å². The van der Waals surface area contributed by atoms with Crippen molar-refractivity contribution in [1.29, 1.82) is 0 Å². The summed E-state index contributed by atoms with van der Waals surface area (Å²) < 4.78 is 5.73. The molecule has 3 rings (SSSR count). The molecule has 1 aliphatic rings.